The first-order chi connectivity index (χ1) is 12.0. The van der Waals surface area contributed by atoms with E-state index in [0.717, 1.165) is 5.56 Å². The number of rotatable bonds is 3. The van der Waals surface area contributed by atoms with E-state index in [1.807, 2.05) is 19.1 Å². The average Bonchev–Trinajstić information content (AvgIpc) is 2.61. The van der Waals surface area contributed by atoms with Crippen LogP contribution in [0.1, 0.15) is 22.3 Å². The number of halogens is 3. The quantitative estimate of drug-likeness (QED) is 0.477. The summed E-state index contributed by atoms with van der Waals surface area (Å²) in [5.41, 5.74) is 1.83. The Balaban J connectivity index is 2.37. The summed E-state index contributed by atoms with van der Waals surface area (Å²) in [6, 6.07) is 23.8. The van der Waals surface area contributed by atoms with Crippen LogP contribution in [0.25, 0.3) is 11.1 Å². The van der Waals surface area contributed by atoms with Gasteiger partial charge in [-0.2, -0.15) is 13.2 Å². The highest BCUT2D eigenvalue weighted by Gasteiger charge is 2.38. The Morgan fingerprint density at radius 2 is 1.04 bits per heavy atom. The molecule has 3 aromatic carbocycles. The van der Waals surface area contributed by atoms with E-state index in [1.165, 1.54) is 12.1 Å². The minimum Gasteiger partial charge on any atom is -0.166 e. The van der Waals surface area contributed by atoms with Crippen LogP contribution in [0.2, 0.25) is 0 Å². The normalized spacial score (nSPS) is 12.6. The third-order valence-corrected chi connectivity index (χ3v) is 4.00. The fourth-order valence-corrected chi connectivity index (χ4v) is 2.83. The number of allylic oxidation sites excluding steroid dienone is 1. The molecule has 0 heterocycles. The average molecular weight is 338 g/mol. The Kier molecular flexibility index (Phi) is 4.75. The van der Waals surface area contributed by atoms with Crippen LogP contribution in [0.5, 0.6) is 0 Å². The molecule has 0 amide bonds. The summed E-state index contributed by atoms with van der Waals surface area (Å²) in [5, 5.41) is 0. The molecule has 0 N–H and O–H groups in total. The molecule has 0 spiro atoms. The number of benzene rings is 3. The van der Waals surface area contributed by atoms with E-state index in [9.17, 15) is 13.2 Å². The topological polar surface area (TPSA) is 0 Å². The summed E-state index contributed by atoms with van der Waals surface area (Å²) in [6.07, 6.45) is -4.47. The van der Waals surface area contributed by atoms with Crippen LogP contribution >= 0.6 is 0 Å². The second kappa shape index (κ2) is 6.98. The highest BCUT2D eigenvalue weighted by Crippen LogP contribution is 2.42. The summed E-state index contributed by atoms with van der Waals surface area (Å²) in [6.45, 7) is 1.91. The highest BCUT2D eigenvalue weighted by atomic mass is 19.4. The van der Waals surface area contributed by atoms with E-state index >= 15 is 0 Å². The molecule has 0 radical (unpaired) electrons. The minimum atomic E-state index is -4.47. The van der Waals surface area contributed by atoms with Crippen LogP contribution < -0.4 is 0 Å². The van der Waals surface area contributed by atoms with Crippen molar-refractivity contribution < 1.29 is 13.2 Å². The molecule has 0 bridgehead atoms. The van der Waals surface area contributed by atoms with Gasteiger partial charge in [-0.05, 0) is 23.6 Å². The van der Waals surface area contributed by atoms with Gasteiger partial charge in [-0.25, -0.2) is 0 Å². The summed E-state index contributed by atoms with van der Waals surface area (Å²) in [4.78, 5) is 0. The lowest BCUT2D eigenvalue weighted by molar-refractivity contribution is -0.0685. The lowest BCUT2D eigenvalue weighted by atomic mass is 9.89. The van der Waals surface area contributed by atoms with E-state index < -0.39 is 11.7 Å². The Hall–Kier alpha value is -2.81. The van der Waals surface area contributed by atoms with Gasteiger partial charge in [0.2, 0.25) is 0 Å². The summed E-state index contributed by atoms with van der Waals surface area (Å²) in [5.74, 6) is 0. The van der Waals surface area contributed by atoms with Crippen molar-refractivity contribution in [3.8, 4) is 0 Å². The van der Waals surface area contributed by atoms with Crippen molar-refractivity contribution in [3.05, 3.63) is 107 Å². The van der Waals surface area contributed by atoms with Crippen molar-refractivity contribution in [2.24, 2.45) is 0 Å². The smallest absolute Gasteiger partial charge is 0.166 e. The minimum absolute atomic E-state index is 0.162. The van der Waals surface area contributed by atoms with Gasteiger partial charge in [-0.1, -0.05) is 90.5 Å². The SMILES string of the molecule is Cc1ccc(/C(=C(\c2ccccc2)C(F)(F)F)c2ccccc2)cc1. The van der Waals surface area contributed by atoms with Gasteiger partial charge >= 0.3 is 6.18 Å². The molecule has 0 aromatic heterocycles. The first kappa shape index (κ1) is 17.0. The summed E-state index contributed by atoms with van der Waals surface area (Å²) in [7, 11) is 0. The zero-order valence-corrected chi connectivity index (χ0v) is 13.7. The fourth-order valence-electron chi connectivity index (χ4n) is 2.83. The van der Waals surface area contributed by atoms with Gasteiger partial charge in [-0.15, -0.1) is 0 Å². The number of hydrogen-bond donors (Lipinski definition) is 0. The third kappa shape index (κ3) is 3.82. The van der Waals surface area contributed by atoms with Crippen molar-refractivity contribution in [3.63, 3.8) is 0 Å². The first-order valence-corrected chi connectivity index (χ1v) is 7.96. The number of hydrogen-bond acceptors (Lipinski definition) is 0. The lowest BCUT2D eigenvalue weighted by Crippen LogP contribution is -2.13. The molecule has 3 aromatic rings. The van der Waals surface area contributed by atoms with Gasteiger partial charge in [0, 0.05) is 5.57 Å². The van der Waals surface area contributed by atoms with Crippen LogP contribution in [0.3, 0.4) is 0 Å². The molecule has 0 aliphatic rings. The molecule has 0 saturated heterocycles. The Morgan fingerprint density at radius 3 is 1.52 bits per heavy atom. The molecule has 126 valence electrons. The Bertz CT molecular complexity index is 859. The molecule has 0 saturated carbocycles. The lowest BCUT2D eigenvalue weighted by Gasteiger charge is -2.19. The van der Waals surface area contributed by atoms with Gasteiger partial charge in [0.1, 0.15) is 0 Å². The maximum atomic E-state index is 14.0. The third-order valence-electron chi connectivity index (χ3n) is 4.00. The maximum Gasteiger partial charge on any atom is 0.417 e. The van der Waals surface area contributed by atoms with E-state index in [4.69, 9.17) is 0 Å². The molecular formula is C22H17F3. The van der Waals surface area contributed by atoms with Crippen molar-refractivity contribution in [1.29, 1.82) is 0 Å². The van der Waals surface area contributed by atoms with E-state index in [-0.39, 0.29) is 11.1 Å². The molecule has 0 aliphatic carbocycles. The van der Waals surface area contributed by atoms with E-state index in [0.29, 0.717) is 11.1 Å². The predicted octanol–water partition coefficient (Wildman–Crippen LogP) is 6.52. The van der Waals surface area contributed by atoms with Crippen molar-refractivity contribution in [2.45, 2.75) is 13.1 Å². The van der Waals surface area contributed by atoms with Gasteiger partial charge < -0.3 is 0 Å². The van der Waals surface area contributed by atoms with Crippen LogP contribution in [-0.4, -0.2) is 6.18 Å². The van der Waals surface area contributed by atoms with Crippen LogP contribution in [-0.2, 0) is 0 Å². The zero-order valence-electron chi connectivity index (χ0n) is 13.7. The Morgan fingerprint density at radius 1 is 0.600 bits per heavy atom. The van der Waals surface area contributed by atoms with Crippen LogP contribution in [0.15, 0.2) is 84.9 Å². The number of aryl methyl sites for hydroxylation is 1. The fraction of sp³-hybridized carbons (Fsp3) is 0.0909. The van der Waals surface area contributed by atoms with Gasteiger partial charge in [0.15, 0.2) is 0 Å². The van der Waals surface area contributed by atoms with E-state index in [2.05, 4.69) is 0 Å². The van der Waals surface area contributed by atoms with Crippen LogP contribution in [0, 0.1) is 6.92 Å². The van der Waals surface area contributed by atoms with E-state index in [1.54, 1.807) is 60.7 Å². The molecule has 0 aliphatic heterocycles. The first-order valence-electron chi connectivity index (χ1n) is 7.96. The Labute approximate surface area is 145 Å². The van der Waals surface area contributed by atoms with Crippen molar-refractivity contribution >= 4 is 11.1 Å². The monoisotopic (exact) mass is 338 g/mol. The molecule has 0 unspecified atom stereocenters. The standard InChI is InChI=1S/C22H17F3/c1-16-12-14-18(15-13-16)20(17-8-4-2-5-9-17)21(22(23,24)25)19-10-6-3-7-11-19/h2-15H,1H3/b21-20+. The van der Waals surface area contributed by atoms with Gasteiger partial charge in [0.05, 0.1) is 5.57 Å². The van der Waals surface area contributed by atoms with Crippen molar-refractivity contribution in [2.75, 3.05) is 0 Å². The molecule has 25 heavy (non-hydrogen) atoms. The van der Waals surface area contributed by atoms with Crippen molar-refractivity contribution in [1.82, 2.24) is 0 Å². The second-order valence-corrected chi connectivity index (χ2v) is 5.85. The number of alkyl halides is 3. The summed E-state index contributed by atoms with van der Waals surface area (Å²) < 4.78 is 42.1. The van der Waals surface area contributed by atoms with Gasteiger partial charge in [0.25, 0.3) is 0 Å². The highest BCUT2D eigenvalue weighted by molar-refractivity contribution is 6.00. The molecular weight excluding hydrogens is 321 g/mol. The molecule has 0 atom stereocenters. The molecule has 3 rings (SSSR count). The predicted molar refractivity (Wildman–Crippen MR) is 96.0 cm³/mol. The zero-order chi connectivity index (χ0) is 17.9. The maximum absolute atomic E-state index is 14.0. The van der Waals surface area contributed by atoms with Gasteiger partial charge in [-0.3, -0.25) is 0 Å². The molecule has 0 fully saturated rings. The molecule has 0 nitrogen and oxygen atoms in total. The molecule has 3 heteroatoms. The summed E-state index contributed by atoms with van der Waals surface area (Å²) >= 11 is 0. The van der Waals surface area contributed by atoms with Crippen LogP contribution in [0.4, 0.5) is 13.2 Å². The largest absolute Gasteiger partial charge is 0.417 e. The second-order valence-electron chi connectivity index (χ2n) is 5.85.